The molecule has 4 aromatic carbocycles. The normalized spacial score (nSPS) is 15.9. The number of aliphatic carboxylic acids is 4. The molecule has 0 unspecified atom stereocenters. The minimum Gasteiger partial charge on any atom is -1.00 e. The Hall–Kier alpha value is -9.45. The van der Waals surface area contributed by atoms with E-state index in [4.69, 9.17) is 54.5 Å². The van der Waals surface area contributed by atoms with Crippen molar-refractivity contribution in [3.63, 3.8) is 0 Å². The number of hydrogen-bond acceptors (Lipinski definition) is 35. The number of esters is 4. The number of carbonyl (C=O) groups excluding carboxylic acids is 4. The third-order valence-electron chi connectivity index (χ3n) is 18.5. The number of non-ortho nitro benzene ring substituents is 4. The van der Waals surface area contributed by atoms with Crippen molar-refractivity contribution in [2.75, 3.05) is 223 Å². The zero-order chi connectivity index (χ0) is 99.7. The molecule has 0 aliphatic carbocycles. The van der Waals surface area contributed by atoms with Gasteiger partial charge in [-0.25, -0.2) is 0 Å². The molecule has 7 N–H and O–H groups in total. The van der Waals surface area contributed by atoms with E-state index in [9.17, 15) is 78.8 Å². The van der Waals surface area contributed by atoms with Gasteiger partial charge < -0.3 is 61.3 Å². The van der Waals surface area contributed by atoms with Crippen molar-refractivity contribution in [3.05, 3.63) is 154 Å². The van der Waals surface area contributed by atoms with Crippen molar-refractivity contribution in [1.82, 2.24) is 59.6 Å². The largest absolute Gasteiger partial charge is 1.00 e. The number of halogens is 1. The Morgan fingerprint density at radius 2 is 0.545 bits per heavy atom. The van der Waals surface area contributed by atoms with E-state index in [-0.39, 0.29) is 145 Å². The monoisotopic (exact) mass is 1960 g/mol. The molecule has 0 atom stereocenters. The molecule has 134 heavy (non-hydrogen) atoms. The Labute approximate surface area is 820 Å². The number of methoxy groups -OCH3 is 1. The van der Waals surface area contributed by atoms with Crippen LogP contribution in [0.3, 0.4) is 0 Å². The van der Waals surface area contributed by atoms with E-state index >= 15 is 0 Å². The van der Waals surface area contributed by atoms with Crippen LogP contribution in [0.15, 0.2) is 97.1 Å². The predicted molar refractivity (Wildman–Crippen MR) is 504 cm³/mol. The number of benzene rings is 4. The second-order valence-electron chi connectivity index (χ2n) is 34.6. The first-order valence-electron chi connectivity index (χ1n) is 43.2. The fourth-order valence-corrected chi connectivity index (χ4v) is 12.9. The summed E-state index contributed by atoms with van der Waals surface area (Å²) in [6.45, 7) is 43.5. The van der Waals surface area contributed by atoms with Crippen molar-refractivity contribution in [3.8, 4) is 11.8 Å². The smallest absolute Gasteiger partial charge is 1.00 e. The van der Waals surface area contributed by atoms with Crippen LogP contribution in [-0.4, -0.2) is 396 Å². The van der Waals surface area contributed by atoms with Crippen LogP contribution in [0.25, 0.3) is 0 Å². The summed E-state index contributed by atoms with van der Waals surface area (Å²) in [6.07, 6.45) is 0. The fraction of sp³-hybridized carbons (Fsp3) is 0.625. The molecule has 4 heterocycles. The minimum absolute atomic E-state index is 0. The van der Waals surface area contributed by atoms with Crippen LogP contribution in [0.5, 0.6) is 5.75 Å². The summed E-state index contributed by atoms with van der Waals surface area (Å²) in [4.78, 5) is 152. The van der Waals surface area contributed by atoms with Gasteiger partial charge in [-0.3, -0.25) is 128 Å². The van der Waals surface area contributed by atoms with Crippen LogP contribution < -0.4 is 44.9 Å². The van der Waals surface area contributed by atoms with Crippen LogP contribution in [0.4, 0.5) is 22.7 Å². The van der Waals surface area contributed by atoms with Gasteiger partial charge in [0.05, 0.1) is 85.2 Å². The Kier molecular flexibility index (Phi) is 64.7. The van der Waals surface area contributed by atoms with Gasteiger partial charge in [-0.2, -0.15) is 5.26 Å². The van der Waals surface area contributed by atoms with E-state index < -0.39 is 66.0 Å². The molecule has 4 aromatic rings. The average molecular weight is 1970 g/mol. The molecule has 0 amide bonds. The summed E-state index contributed by atoms with van der Waals surface area (Å²) in [5.74, 6) is -3.91. The first kappa shape index (κ1) is 127. The molecule has 4 fully saturated rings. The van der Waals surface area contributed by atoms with Crippen LogP contribution >= 0.6 is 15.9 Å². The van der Waals surface area contributed by atoms with Gasteiger partial charge in [0.2, 0.25) is 0 Å². The summed E-state index contributed by atoms with van der Waals surface area (Å²) >= 11 is 3.25. The first-order valence-corrected chi connectivity index (χ1v) is 44.3. The van der Waals surface area contributed by atoms with Gasteiger partial charge in [-0.15, -0.1) is 0 Å². The Balaban J connectivity index is -0.00000156. The molecule has 8 rings (SSSR count). The zero-order valence-corrected chi connectivity index (χ0v) is 84.3. The first-order chi connectivity index (χ1) is 61.8. The summed E-state index contributed by atoms with van der Waals surface area (Å²) in [7, 11) is 1.52. The number of carboxylic acids is 4. The molecule has 0 spiro atoms. The van der Waals surface area contributed by atoms with Gasteiger partial charge in [-0.05, 0) is 119 Å². The molecular formula is C88H141BBrN17NaO26. The second kappa shape index (κ2) is 68.5. The fourth-order valence-electron chi connectivity index (χ4n) is 12.5. The molecule has 4 aliphatic rings. The standard InChI is InChI=1S/2C18H35N3O4.2C17H24N4O6.C7H6BrNO2.C7H7NO3.C2H3N.C2H6O.B.Na.H/c2*1-17(2,3)24-15(22)13-20-9-7-19-8-10-21(12-11-20)14-16(23)25-18(4,5)6;2*22-16(23)12-19-7-5-18(6-8-20(10-9-19)13-17(24)25)11-14-1-3-15(4-2-14)21(26)27;8-5-6-1-3-7(4-2-6)9(10)11;1-11-7-4-2-6(3-5-7)8(9)10;2*1-2-3;;;/h2*19H,7-14H2,1-6H3;2*1-4H,5-13H2,(H,22,23)(H,24,25);1-4H,5H2;2-5H,1H3;1H3;3H,2H2,1H3;;;/q;;;;;;;;;+1;-1. The Morgan fingerprint density at radius 1 is 0.373 bits per heavy atom. The summed E-state index contributed by atoms with van der Waals surface area (Å²) in [6, 6.07) is 26.8. The van der Waals surface area contributed by atoms with Gasteiger partial charge in [0.1, 0.15) is 28.2 Å². The van der Waals surface area contributed by atoms with Crippen LogP contribution in [-0.2, 0) is 75.7 Å². The number of hydrogen-bond donors (Lipinski definition) is 7. The van der Waals surface area contributed by atoms with E-state index in [2.05, 4.69) is 56.0 Å². The number of rotatable bonds is 26. The number of aliphatic hydroxyl groups is 1. The molecule has 43 nitrogen and oxygen atoms in total. The molecule has 4 saturated heterocycles. The summed E-state index contributed by atoms with van der Waals surface area (Å²) in [5.41, 5.74) is 1.23. The zero-order valence-electron chi connectivity index (χ0n) is 81.7. The summed E-state index contributed by atoms with van der Waals surface area (Å²) in [5, 5.41) is 100. The number of alkyl halides is 1. The van der Waals surface area contributed by atoms with E-state index in [0.29, 0.717) is 124 Å². The molecule has 46 heteroatoms. The maximum absolute atomic E-state index is 12.1. The van der Waals surface area contributed by atoms with Crippen LogP contribution in [0.2, 0.25) is 0 Å². The number of carbonyl (C=O) groups is 8. The SMILES string of the molecule is CC#N.CC(C)(C)OC(=O)CN1CCNCCN(CC(=O)OC(C)(C)C)CC1.CC(C)(C)OC(=O)CN1CCNCCN(CC(=O)OC(C)(C)C)CC1.CCO.COc1ccc([N+](=O)[O-])cc1.O=C(O)CN1CCN(CC(=O)O)CCN(Cc2ccc([N+](=O)[O-])cc2)CC1.O=C(O)CN1CCN(CC(=O)O)CCN(Cc2ccc([N+](=O)[O-])cc2)CC1.O=[N+]([O-])c1ccc(CBr)cc1.[B].[H-].[Na+]. The van der Waals surface area contributed by atoms with E-state index in [0.717, 1.165) is 74.4 Å². The number of nitro groups is 4. The number of aliphatic hydroxyl groups excluding tert-OH is 1. The van der Waals surface area contributed by atoms with Gasteiger partial charge >= 0.3 is 77.3 Å². The van der Waals surface area contributed by atoms with E-state index in [1.165, 1.54) is 62.6 Å². The minimum atomic E-state index is -0.916. The third kappa shape index (κ3) is 65.3. The number of nitriles is 1. The number of nitro benzene ring substituents is 4. The van der Waals surface area contributed by atoms with E-state index in [1.54, 1.807) is 81.1 Å². The average Bonchev–Trinajstić information content (AvgIpc) is 1.84. The van der Waals surface area contributed by atoms with Crippen LogP contribution in [0.1, 0.15) is 115 Å². The molecule has 745 valence electrons. The molecule has 0 saturated carbocycles. The summed E-state index contributed by atoms with van der Waals surface area (Å²) < 4.78 is 26.4. The molecule has 0 aromatic heterocycles. The quantitative estimate of drug-likeness (QED) is 0.0118. The molecule has 0 bridgehead atoms. The third-order valence-corrected chi connectivity index (χ3v) is 19.1. The van der Waals surface area contributed by atoms with Crippen LogP contribution in [0, 0.1) is 51.8 Å². The van der Waals surface area contributed by atoms with Crippen molar-refractivity contribution in [2.45, 2.75) is 138 Å². The number of nitrogens with zero attached hydrogens (tertiary/aromatic N) is 15. The molecule has 3 radical (unpaired) electrons. The maximum Gasteiger partial charge on any atom is 1.00 e. The van der Waals surface area contributed by atoms with Crippen molar-refractivity contribution >= 4 is 94.8 Å². The topological polar surface area (TPSA) is 537 Å². The molecular weight excluding hydrogens is 1820 g/mol. The van der Waals surface area contributed by atoms with Gasteiger partial charge in [0, 0.05) is 246 Å². The Bertz CT molecular complexity index is 3780. The van der Waals surface area contributed by atoms with Crippen molar-refractivity contribution < 1.29 is 138 Å². The Morgan fingerprint density at radius 3 is 0.709 bits per heavy atom. The van der Waals surface area contributed by atoms with Gasteiger partial charge in [0.25, 0.3) is 22.7 Å². The van der Waals surface area contributed by atoms with Crippen molar-refractivity contribution in [1.29, 1.82) is 5.26 Å². The second-order valence-corrected chi connectivity index (χ2v) is 35.1. The van der Waals surface area contributed by atoms with E-state index in [1.807, 2.05) is 83.1 Å². The number of ether oxygens (including phenoxy) is 5. The van der Waals surface area contributed by atoms with Gasteiger partial charge in [0.15, 0.2) is 0 Å². The number of nitrogens with one attached hydrogen (secondary N) is 2. The van der Waals surface area contributed by atoms with Gasteiger partial charge in [-0.1, -0.05) is 52.3 Å². The molecule has 4 aliphatic heterocycles. The van der Waals surface area contributed by atoms with Crippen molar-refractivity contribution in [2.24, 2.45) is 0 Å². The maximum atomic E-state index is 12.1. The number of carboxylic acid groups (broad SMARTS) is 4. The predicted octanol–water partition coefficient (Wildman–Crippen LogP) is 3.48.